The number of amides is 1. The van der Waals surface area contributed by atoms with Crippen LogP contribution < -0.4 is 5.32 Å². The second-order valence-corrected chi connectivity index (χ2v) is 7.27. The first kappa shape index (κ1) is 19.3. The molecule has 0 fully saturated rings. The fourth-order valence-electron chi connectivity index (χ4n) is 2.68. The number of nitrogens with one attached hydrogen (secondary N) is 1. The molecule has 1 amide bonds. The van der Waals surface area contributed by atoms with Crippen molar-refractivity contribution >= 4 is 23.0 Å². The summed E-state index contributed by atoms with van der Waals surface area (Å²) < 4.78 is 5.22. The van der Waals surface area contributed by atoms with E-state index in [1.807, 2.05) is 12.1 Å². The summed E-state index contributed by atoms with van der Waals surface area (Å²) >= 11 is 0. The Labute approximate surface area is 162 Å². The Hall–Kier alpha value is -3.48. The molecule has 1 aromatic heterocycles. The Morgan fingerprint density at radius 3 is 2.54 bits per heavy atom. The van der Waals surface area contributed by atoms with Gasteiger partial charge in [-0.3, -0.25) is 0 Å². The van der Waals surface area contributed by atoms with E-state index in [0.29, 0.717) is 22.3 Å². The molecule has 3 aromatic rings. The molecule has 0 aliphatic carbocycles. The third kappa shape index (κ3) is 4.62. The molecule has 0 aliphatic rings. The van der Waals surface area contributed by atoms with Gasteiger partial charge < -0.3 is 15.2 Å². The van der Waals surface area contributed by atoms with Crippen LogP contribution >= 0.6 is 0 Å². The minimum Gasteiger partial charge on any atom is -0.476 e. The topological polar surface area (TPSA) is 101 Å². The third-order valence-electron chi connectivity index (χ3n) is 3.83. The number of nitrogens with zero attached hydrogens (tertiary/aromatic N) is 2. The number of hydrogen-bond donors (Lipinski definition) is 2. The van der Waals surface area contributed by atoms with Crippen molar-refractivity contribution < 1.29 is 19.4 Å². The maximum atomic E-state index is 11.8. The highest BCUT2D eigenvalue weighted by Gasteiger charge is 2.17. The number of aromatic carboxylic acids is 1. The highest BCUT2D eigenvalue weighted by atomic mass is 16.6. The largest absolute Gasteiger partial charge is 0.476 e. The van der Waals surface area contributed by atoms with E-state index in [9.17, 15) is 14.7 Å². The van der Waals surface area contributed by atoms with Crippen LogP contribution in [0.4, 0.5) is 4.79 Å². The minimum atomic E-state index is -1.11. The number of rotatable bonds is 4. The lowest BCUT2D eigenvalue weighted by atomic mass is 10.1. The van der Waals surface area contributed by atoms with Gasteiger partial charge >= 0.3 is 12.1 Å². The Morgan fingerprint density at radius 1 is 1.07 bits per heavy atom. The molecule has 0 bridgehead atoms. The zero-order chi connectivity index (χ0) is 20.3. The maximum absolute atomic E-state index is 11.8. The predicted octanol–water partition coefficient (Wildman–Crippen LogP) is 4.02. The first-order valence-corrected chi connectivity index (χ1v) is 8.79. The van der Waals surface area contributed by atoms with Gasteiger partial charge in [0.05, 0.1) is 5.52 Å². The van der Waals surface area contributed by atoms with Crippen LogP contribution in [0.2, 0.25) is 0 Å². The molecule has 7 nitrogen and oxygen atoms in total. The number of aromatic nitrogens is 2. The van der Waals surface area contributed by atoms with Gasteiger partial charge in [0.15, 0.2) is 11.5 Å². The van der Waals surface area contributed by atoms with Crippen LogP contribution in [0.3, 0.4) is 0 Å². The maximum Gasteiger partial charge on any atom is 0.407 e. The Bertz CT molecular complexity index is 1040. The van der Waals surface area contributed by atoms with E-state index in [0.717, 1.165) is 5.56 Å². The summed E-state index contributed by atoms with van der Waals surface area (Å²) in [6.07, 6.45) is -0.506. The Morgan fingerprint density at radius 2 is 1.82 bits per heavy atom. The van der Waals surface area contributed by atoms with Crippen LogP contribution in [-0.4, -0.2) is 32.7 Å². The van der Waals surface area contributed by atoms with Crippen LogP contribution in [0.1, 0.15) is 36.8 Å². The number of carbonyl (C=O) groups excluding carboxylic acids is 1. The zero-order valence-corrected chi connectivity index (χ0v) is 15.9. The first-order chi connectivity index (χ1) is 13.2. The van der Waals surface area contributed by atoms with Gasteiger partial charge in [0, 0.05) is 17.5 Å². The van der Waals surface area contributed by atoms with Crippen LogP contribution in [0.15, 0.2) is 48.5 Å². The minimum absolute atomic E-state index is 0.0436. The molecular formula is C21H21N3O4. The molecule has 0 saturated carbocycles. The normalized spacial score (nSPS) is 11.2. The number of carboxylic acid groups (broad SMARTS) is 1. The average Bonchev–Trinajstić information content (AvgIpc) is 2.64. The smallest absolute Gasteiger partial charge is 0.407 e. The second-order valence-electron chi connectivity index (χ2n) is 7.27. The number of carbonyl (C=O) groups is 2. The molecule has 0 spiro atoms. The first-order valence-electron chi connectivity index (χ1n) is 8.79. The van der Waals surface area contributed by atoms with Gasteiger partial charge in [-0.1, -0.05) is 36.4 Å². The molecule has 144 valence electrons. The molecule has 0 unspecified atom stereocenters. The third-order valence-corrected chi connectivity index (χ3v) is 3.83. The van der Waals surface area contributed by atoms with Gasteiger partial charge in [0.25, 0.3) is 0 Å². The summed E-state index contributed by atoms with van der Waals surface area (Å²) in [7, 11) is 0. The quantitative estimate of drug-likeness (QED) is 0.710. The van der Waals surface area contributed by atoms with Gasteiger partial charge in [-0.25, -0.2) is 19.6 Å². The number of carboxylic acids is 1. The van der Waals surface area contributed by atoms with Crippen molar-refractivity contribution in [2.75, 3.05) is 0 Å². The molecule has 2 aromatic carbocycles. The average molecular weight is 379 g/mol. The second kappa shape index (κ2) is 7.64. The summed E-state index contributed by atoms with van der Waals surface area (Å²) in [4.78, 5) is 32.2. The van der Waals surface area contributed by atoms with Gasteiger partial charge in [0.1, 0.15) is 5.60 Å². The van der Waals surface area contributed by atoms with Crippen molar-refractivity contribution in [3.05, 3.63) is 59.8 Å². The summed E-state index contributed by atoms with van der Waals surface area (Å²) in [5, 5.41) is 12.7. The molecule has 28 heavy (non-hydrogen) atoms. The number of para-hydroxylation sites is 1. The van der Waals surface area contributed by atoms with Crippen LogP contribution in [-0.2, 0) is 11.3 Å². The van der Waals surface area contributed by atoms with Crippen molar-refractivity contribution in [3.8, 4) is 11.4 Å². The van der Waals surface area contributed by atoms with Gasteiger partial charge in [-0.05, 0) is 38.5 Å². The monoisotopic (exact) mass is 379 g/mol. The van der Waals surface area contributed by atoms with Crippen LogP contribution in [0.5, 0.6) is 0 Å². The van der Waals surface area contributed by atoms with E-state index in [1.165, 1.54) is 0 Å². The summed E-state index contributed by atoms with van der Waals surface area (Å²) in [6.45, 7) is 5.65. The van der Waals surface area contributed by atoms with Crippen molar-refractivity contribution in [1.82, 2.24) is 15.3 Å². The van der Waals surface area contributed by atoms with E-state index >= 15 is 0 Å². The van der Waals surface area contributed by atoms with Crippen molar-refractivity contribution in [2.24, 2.45) is 0 Å². The van der Waals surface area contributed by atoms with E-state index in [4.69, 9.17) is 4.74 Å². The number of hydrogen-bond acceptors (Lipinski definition) is 5. The SMILES string of the molecule is CC(C)(C)OC(=O)NCc1cccc(-c2nc(C(=O)O)c3ccccc3n2)c1. The van der Waals surface area contributed by atoms with Crippen molar-refractivity contribution in [1.29, 1.82) is 0 Å². The number of alkyl carbamates (subject to hydrolysis) is 1. The standard InChI is InChI=1S/C21H21N3O4/c1-21(2,3)28-20(27)22-12-13-7-6-8-14(11-13)18-23-16-10-5-4-9-15(16)17(24-18)19(25)26/h4-11H,12H2,1-3H3,(H,22,27)(H,25,26). The number of ether oxygens (including phenoxy) is 1. The molecule has 0 aliphatic heterocycles. The highest BCUT2D eigenvalue weighted by molar-refractivity contribution is 6.01. The zero-order valence-electron chi connectivity index (χ0n) is 15.9. The lowest BCUT2D eigenvalue weighted by Gasteiger charge is -2.19. The molecule has 2 N–H and O–H groups in total. The molecule has 1 heterocycles. The van der Waals surface area contributed by atoms with Gasteiger partial charge in [0.2, 0.25) is 0 Å². The summed E-state index contributed by atoms with van der Waals surface area (Å²) in [5.41, 5.74) is 1.42. The van der Waals surface area contributed by atoms with E-state index in [1.54, 1.807) is 57.2 Å². The summed E-state index contributed by atoms with van der Waals surface area (Å²) in [5.74, 6) is -0.794. The molecule has 7 heteroatoms. The molecular weight excluding hydrogens is 358 g/mol. The highest BCUT2D eigenvalue weighted by Crippen LogP contribution is 2.22. The van der Waals surface area contributed by atoms with Crippen LogP contribution in [0, 0.1) is 0 Å². The fourth-order valence-corrected chi connectivity index (χ4v) is 2.68. The molecule has 3 rings (SSSR count). The van der Waals surface area contributed by atoms with Gasteiger partial charge in [-0.2, -0.15) is 0 Å². The van der Waals surface area contributed by atoms with Crippen molar-refractivity contribution in [2.45, 2.75) is 32.9 Å². The molecule has 0 atom stereocenters. The lowest BCUT2D eigenvalue weighted by Crippen LogP contribution is -2.32. The summed E-state index contributed by atoms with van der Waals surface area (Å²) in [6, 6.07) is 14.2. The van der Waals surface area contributed by atoms with Gasteiger partial charge in [-0.15, -0.1) is 0 Å². The Kier molecular flexibility index (Phi) is 5.26. The van der Waals surface area contributed by atoms with E-state index < -0.39 is 17.7 Å². The van der Waals surface area contributed by atoms with E-state index in [2.05, 4.69) is 15.3 Å². The van der Waals surface area contributed by atoms with Crippen LogP contribution in [0.25, 0.3) is 22.3 Å². The fraction of sp³-hybridized carbons (Fsp3) is 0.238. The molecule has 0 saturated heterocycles. The number of benzene rings is 2. The van der Waals surface area contributed by atoms with Crippen molar-refractivity contribution in [3.63, 3.8) is 0 Å². The van der Waals surface area contributed by atoms with E-state index in [-0.39, 0.29) is 12.2 Å². The Balaban J connectivity index is 1.88. The lowest BCUT2D eigenvalue weighted by molar-refractivity contribution is 0.0523. The number of fused-ring (bicyclic) bond motifs is 1. The molecule has 0 radical (unpaired) electrons. The predicted molar refractivity (Wildman–Crippen MR) is 105 cm³/mol.